The summed E-state index contributed by atoms with van der Waals surface area (Å²) in [7, 11) is 0. The van der Waals surface area contributed by atoms with Crippen molar-refractivity contribution >= 4 is 32.7 Å². The van der Waals surface area contributed by atoms with Crippen LogP contribution < -0.4 is 5.56 Å². The first-order valence-electron chi connectivity index (χ1n) is 10.7. The summed E-state index contributed by atoms with van der Waals surface area (Å²) in [5, 5.41) is 0.553. The van der Waals surface area contributed by atoms with Crippen LogP contribution in [0.25, 0.3) is 16.6 Å². The summed E-state index contributed by atoms with van der Waals surface area (Å²) in [6, 6.07) is 23.8. The molecule has 0 spiro atoms. The summed E-state index contributed by atoms with van der Waals surface area (Å²) >= 11 is 3.42. The Balaban J connectivity index is 1.92. The lowest BCUT2D eigenvalue weighted by molar-refractivity contribution is 0.0672. The average Bonchev–Trinajstić information content (AvgIpc) is 2.83. The maximum Gasteiger partial charge on any atom is 0.266 e. The fourth-order valence-corrected chi connectivity index (χ4v) is 4.27. The summed E-state index contributed by atoms with van der Waals surface area (Å²) in [6.45, 7) is 4.45. The lowest BCUT2D eigenvalue weighted by atomic mass is 10.1. The van der Waals surface area contributed by atoms with E-state index >= 15 is 0 Å². The molecule has 32 heavy (non-hydrogen) atoms. The van der Waals surface area contributed by atoms with Crippen molar-refractivity contribution in [1.82, 2.24) is 14.5 Å². The van der Waals surface area contributed by atoms with Crippen molar-refractivity contribution in [3.05, 3.63) is 105 Å². The first-order chi connectivity index (χ1) is 15.5. The zero-order valence-corrected chi connectivity index (χ0v) is 19.6. The van der Waals surface area contributed by atoms with Gasteiger partial charge in [-0.05, 0) is 61.9 Å². The van der Waals surface area contributed by atoms with E-state index in [1.54, 1.807) is 27.7 Å². The molecular weight excluding hydrogens is 466 g/mol. The summed E-state index contributed by atoms with van der Waals surface area (Å²) in [5.74, 6) is 0.476. The van der Waals surface area contributed by atoms with E-state index in [9.17, 15) is 9.59 Å². The van der Waals surface area contributed by atoms with Gasteiger partial charge in [0.2, 0.25) is 0 Å². The van der Waals surface area contributed by atoms with Gasteiger partial charge >= 0.3 is 0 Å². The second-order valence-electron chi connectivity index (χ2n) is 7.49. The molecule has 162 valence electrons. The van der Waals surface area contributed by atoms with Crippen molar-refractivity contribution in [2.75, 3.05) is 6.54 Å². The molecular formula is C26H24BrN3O2. The third-order valence-corrected chi connectivity index (χ3v) is 6.10. The Morgan fingerprint density at radius 3 is 2.28 bits per heavy atom. The van der Waals surface area contributed by atoms with Gasteiger partial charge in [-0.3, -0.25) is 14.2 Å². The highest BCUT2D eigenvalue weighted by Crippen LogP contribution is 2.27. The Morgan fingerprint density at radius 2 is 1.62 bits per heavy atom. The molecule has 1 atom stereocenters. The maximum atomic E-state index is 13.6. The van der Waals surface area contributed by atoms with Gasteiger partial charge in [-0.25, -0.2) is 4.98 Å². The fourth-order valence-electron chi connectivity index (χ4n) is 4.01. The number of carbonyl (C=O) groups is 1. The number of carbonyl (C=O) groups excluding carboxylic acids is 1. The molecule has 0 aliphatic rings. The summed E-state index contributed by atoms with van der Waals surface area (Å²) in [4.78, 5) is 33.7. The molecule has 0 saturated carbocycles. The second-order valence-corrected chi connectivity index (χ2v) is 8.40. The smallest absolute Gasteiger partial charge is 0.266 e. The van der Waals surface area contributed by atoms with Crippen LogP contribution in [-0.4, -0.2) is 26.9 Å². The zero-order chi connectivity index (χ0) is 22.7. The van der Waals surface area contributed by atoms with Gasteiger partial charge in [-0.1, -0.05) is 53.2 Å². The summed E-state index contributed by atoms with van der Waals surface area (Å²) in [6.07, 6.45) is 0.619. The highest BCUT2D eigenvalue weighted by Gasteiger charge is 2.28. The number of aromatic nitrogens is 2. The van der Waals surface area contributed by atoms with Crippen LogP contribution in [-0.2, 0) is 0 Å². The Kier molecular flexibility index (Phi) is 6.51. The minimum atomic E-state index is -0.367. The van der Waals surface area contributed by atoms with E-state index in [2.05, 4.69) is 15.9 Å². The summed E-state index contributed by atoms with van der Waals surface area (Å²) < 4.78 is 2.56. The van der Waals surface area contributed by atoms with E-state index in [-0.39, 0.29) is 17.5 Å². The van der Waals surface area contributed by atoms with Crippen LogP contribution in [0.15, 0.2) is 88.1 Å². The monoisotopic (exact) mass is 489 g/mol. The van der Waals surface area contributed by atoms with Crippen LogP contribution in [0.1, 0.15) is 42.5 Å². The average molecular weight is 490 g/mol. The number of nitrogens with zero attached hydrogens (tertiary/aromatic N) is 3. The Bertz CT molecular complexity index is 1300. The van der Waals surface area contributed by atoms with E-state index < -0.39 is 0 Å². The lowest BCUT2D eigenvalue weighted by Crippen LogP contribution is -2.38. The van der Waals surface area contributed by atoms with Crippen LogP contribution >= 0.6 is 15.9 Å². The minimum absolute atomic E-state index is 0.0890. The molecule has 0 aliphatic carbocycles. The largest absolute Gasteiger partial charge is 0.329 e. The highest BCUT2D eigenvalue weighted by molar-refractivity contribution is 9.10. The van der Waals surface area contributed by atoms with Crippen molar-refractivity contribution in [2.45, 2.75) is 26.3 Å². The van der Waals surface area contributed by atoms with E-state index in [1.165, 1.54) is 0 Å². The molecule has 1 aromatic heterocycles. The number of para-hydroxylation sites is 2. The number of fused-ring (bicyclic) bond motifs is 1. The van der Waals surface area contributed by atoms with Crippen molar-refractivity contribution in [3.8, 4) is 5.69 Å². The van der Waals surface area contributed by atoms with Gasteiger partial charge in [0, 0.05) is 16.6 Å². The van der Waals surface area contributed by atoms with Crippen LogP contribution in [0, 0.1) is 0 Å². The molecule has 4 aromatic rings. The van der Waals surface area contributed by atoms with Crippen LogP contribution in [0.3, 0.4) is 0 Å². The molecule has 0 bridgehead atoms. The molecule has 0 fully saturated rings. The van der Waals surface area contributed by atoms with E-state index in [1.807, 2.05) is 74.5 Å². The number of hydrogen-bond acceptors (Lipinski definition) is 3. The molecule has 0 radical (unpaired) electrons. The van der Waals surface area contributed by atoms with E-state index in [0.717, 1.165) is 10.2 Å². The molecule has 1 unspecified atom stereocenters. The first kappa shape index (κ1) is 22.0. The Morgan fingerprint density at radius 1 is 0.969 bits per heavy atom. The lowest BCUT2D eigenvalue weighted by Gasteiger charge is -2.31. The van der Waals surface area contributed by atoms with Crippen molar-refractivity contribution in [2.24, 2.45) is 0 Å². The van der Waals surface area contributed by atoms with Crippen LogP contribution in [0.4, 0.5) is 0 Å². The molecule has 1 heterocycles. The predicted molar refractivity (Wildman–Crippen MR) is 131 cm³/mol. The number of rotatable bonds is 6. The molecule has 0 N–H and O–H groups in total. The normalized spacial score (nSPS) is 12.0. The van der Waals surface area contributed by atoms with Crippen molar-refractivity contribution in [1.29, 1.82) is 0 Å². The number of benzene rings is 3. The second kappa shape index (κ2) is 9.49. The van der Waals surface area contributed by atoms with Crippen molar-refractivity contribution < 1.29 is 4.79 Å². The van der Waals surface area contributed by atoms with Crippen molar-refractivity contribution in [3.63, 3.8) is 0 Å². The van der Waals surface area contributed by atoms with Gasteiger partial charge < -0.3 is 4.90 Å². The molecule has 0 aliphatic heterocycles. The molecule has 1 amide bonds. The van der Waals surface area contributed by atoms with Gasteiger partial charge in [-0.2, -0.15) is 0 Å². The fraction of sp³-hybridized carbons (Fsp3) is 0.192. The van der Waals surface area contributed by atoms with Gasteiger partial charge in [0.1, 0.15) is 5.82 Å². The number of amides is 1. The highest BCUT2D eigenvalue weighted by atomic mass is 79.9. The number of hydrogen-bond donors (Lipinski definition) is 0. The molecule has 6 heteroatoms. The quantitative estimate of drug-likeness (QED) is 0.345. The van der Waals surface area contributed by atoms with E-state index in [4.69, 9.17) is 4.98 Å². The third kappa shape index (κ3) is 4.10. The number of halogens is 1. The Hall–Kier alpha value is -3.25. The molecule has 4 rings (SSSR count). The van der Waals surface area contributed by atoms with E-state index in [0.29, 0.717) is 35.3 Å². The molecule has 0 saturated heterocycles. The minimum Gasteiger partial charge on any atom is -0.329 e. The van der Waals surface area contributed by atoms with Crippen LogP contribution in [0.2, 0.25) is 0 Å². The standard InChI is InChI=1S/C26H24BrN3O2/c1-3-23(29(4-2)25(31)18-14-16-19(27)17-15-18)24-28-22-13-9-8-12-21(22)26(32)30(24)20-10-6-5-7-11-20/h5-17,23H,3-4H2,1-2H3. The van der Waals surface area contributed by atoms with Gasteiger partial charge in [0.05, 0.1) is 22.6 Å². The summed E-state index contributed by atoms with van der Waals surface area (Å²) in [5.41, 5.74) is 1.83. The SMILES string of the molecule is CCC(c1nc2ccccc2c(=O)n1-c1ccccc1)N(CC)C(=O)c1ccc(Br)cc1. The maximum absolute atomic E-state index is 13.6. The molecule has 5 nitrogen and oxygen atoms in total. The first-order valence-corrected chi connectivity index (χ1v) is 11.5. The Labute approximate surface area is 195 Å². The predicted octanol–water partition coefficient (Wildman–Crippen LogP) is 5.76. The van der Waals surface area contributed by atoms with Crippen LogP contribution in [0.5, 0.6) is 0 Å². The van der Waals surface area contributed by atoms with Gasteiger partial charge in [-0.15, -0.1) is 0 Å². The van der Waals surface area contributed by atoms with Gasteiger partial charge in [0.15, 0.2) is 0 Å². The molecule has 3 aromatic carbocycles. The third-order valence-electron chi connectivity index (χ3n) is 5.57. The topological polar surface area (TPSA) is 55.2 Å². The van der Waals surface area contributed by atoms with Gasteiger partial charge in [0.25, 0.3) is 11.5 Å². The zero-order valence-electron chi connectivity index (χ0n) is 18.0.